The van der Waals surface area contributed by atoms with Crippen LogP contribution in [0.5, 0.6) is 0 Å². The van der Waals surface area contributed by atoms with E-state index in [2.05, 4.69) is 29.1 Å². The number of carbonyl (C=O) groups excluding carboxylic acids is 1. The third-order valence-corrected chi connectivity index (χ3v) is 3.43. The van der Waals surface area contributed by atoms with Crippen LogP contribution in [0.2, 0.25) is 0 Å². The zero-order chi connectivity index (χ0) is 15.2. The van der Waals surface area contributed by atoms with E-state index in [4.69, 9.17) is 4.74 Å². The van der Waals surface area contributed by atoms with Crippen LogP contribution in [-0.4, -0.2) is 17.6 Å². The normalized spacial score (nSPS) is 10.4. The van der Waals surface area contributed by atoms with Gasteiger partial charge in [0.05, 0.1) is 19.2 Å². The van der Waals surface area contributed by atoms with E-state index in [1.165, 1.54) is 12.8 Å². The molecule has 0 unspecified atom stereocenters. The van der Waals surface area contributed by atoms with Gasteiger partial charge in [0, 0.05) is 24.1 Å². The van der Waals surface area contributed by atoms with Crippen LogP contribution in [0.3, 0.4) is 0 Å². The second kappa shape index (κ2) is 6.97. The monoisotopic (exact) mass is 286 g/mol. The third kappa shape index (κ3) is 3.66. The van der Waals surface area contributed by atoms with Crippen molar-refractivity contribution in [3.05, 3.63) is 53.3 Å². The second-order valence-corrected chi connectivity index (χ2v) is 5.09. The third-order valence-electron chi connectivity index (χ3n) is 3.43. The number of benzene rings is 1. The summed E-state index contributed by atoms with van der Waals surface area (Å²) in [7, 11) is 1.40. The minimum Gasteiger partial charge on any atom is -0.465 e. The molecule has 4 nitrogen and oxygen atoms in total. The minimum absolute atomic E-state index is 0.315. The number of aryl methyl sites for hydroxylation is 2. The Bertz CT molecular complexity index is 617. The molecule has 1 aromatic carbocycles. The van der Waals surface area contributed by atoms with E-state index in [1.54, 1.807) is 0 Å². The van der Waals surface area contributed by atoms with Gasteiger partial charge in [-0.15, -0.1) is 0 Å². The number of anilines is 1. The Hall–Kier alpha value is -2.23. The summed E-state index contributed by atoms with van der Waals surface area (Å²) in [6, 6.07) is 9.89. The largest absolute Gasteiger partial charge is 0.465 e. The summed E-state index contributed by atoms with van der Waals surface area (Å²) in [5.74, 6) is -0.315. The van der Waals surface area contributed by atoms with E-state index in [1.807, 2.05) is 31.2 Å². The van der Waals surface area contributed by atoms with Crippen molar-refractivity contribution in [2.45, 2.75) is 33.4 Å². The summed E-state index contributed by atoms with van der Waals surface area (Å²) < 4.78 is 7.07. The molecule has 0 saturated heterocycles. The lowest BCUT2D eigenvalue weighted by Crippen LogP contribution is -2.11. The van der Waals surface area contributed by atoms with E-state index in [0.29, 0.717) is 12.1 Å². The molecule has 0 bridgehead atoms. The Morgan fingerprint density at radius 2 is 2.14 bits per heavy atom. The summed E-state index contributed by atoms with van der Waals surface area (Å²) in [6.45, 7) is 5.80. The van der Waals surface area contributed by atoms with Gasteiger partial charge < -0.3 is 14.6 Å². The molecule has 1 N–H and O–H groups in total. The Morgan fingerprint density at radius 3 is 2.86 bits per heavy atom. The SMILES string of the molecule is CCCn1cccc1CNc1ccc(C)cc1C(=O)OC. The van der Waals surface area contributed by atoms with Crippen molar-refractivity contribution in [3.63, 3.8) is 0 Å². The Kier molecular flexibility index (Phi) is 5.04. The molecule has 4 heteroatoms. The van der Waals surface area contributed by atoms with Gasteiger partial charge in [-0.25, -0.2) is 4.79 Å². The standard InChI is InChI=1S/C17H22N2O2/c1-4-9-19-10-5-6-14(19)12-18-16-8-7-13(2)11-15(16)17(20)21-3/h5-8,10-11,18H,4,9,12H2,1-3H3. The predicted molar refractivity (Wildman–Crippen MR) is 84.6 cm³/mol. The number of hydrogen-bond donors (Lipinski definition) is 1. The van der Waals surface area contributed by atoms with Gasteiger partial charge >= 0.3 is 5.97 Å². The molecule has 21 heavy (non-hydrogen) atoms. The van der Waals surface area contributed by atoms with Crippen LogP contribution >= 0.6 is 0 Å². The van der Waals surface area contributed by atoms with E-state index in [9.17, 15) is 4.79 Å². The summed E-state index contributed by atoms with van der Waals surface area (Å²) >= 11 is 0. The molecule has 1 heterocycles. The number of ether oxygens (including phenoxy) is 1. The Balaban J connectivity index is 2.16. The van der Waals surface area contributed by atoms with Crippen molar-refractivity contribution in [2.75, 3.05) is 12.4 Å². The van der Waals surface area contributed by atoms with Gasteiger partial charge in [-0.05, 0) is 37.6 Å². The molecular formula is C17H22N2O2. The van der Waals surface area contributed by atoms with Gasteiger partial charge in [0.25, 0.3) is 0 Å². The van der Waals surface area contributed by atoms with Crippen LogP contribution < -0.4 is 5.32 Å². The first-order valence-electron chi connectivity index (χ1n) is 7.22. The molecule has 0 aliphatic rings. The van der Waals surface area contributed by atoms with Gasteiger partial charge in [-0.2, -0.15) is 0 Å². The average molecular weight is 286 g/mol. The number of aromatic nitrogens is 1. The summed E-state index contributed by atoms with van der Waals surface area (Å²) in [5, 5.41) is 3.34. The second-order valence-electron chi connectivity index (χ2n) is 5.09. The molecule has 2 rings (SSSR count). The maximum Gasteiger partial charge on any atom is 0.339 e. The van der Waals surface area contributed by atoms with Crippen molar-refractivity contribution in [2.24, 2.45) is 0 Å². The zero-order valence-corrected chi connectivity index (χ0v) is 12.8. The molecule has 1 aromatic heterocycles. The number of rotatable bonds is 6. The quantitative estimate of drug-likeness (QED) is 0.825. The number of methoxy groups -OCH3 is 1. The smallest absolute Gasteiger partial charge is 0.339 e. The highest BCUT2D eigenvalue weighted by Crippen LogP contribution is 2.19. The van der Waals surface area contributed by atoms with Crippen LogP contribution in [0.15, 0.2) is 36.5 Å². The van der Waals surface area contributed by atoms with Crippen molar-refractivity contribution < 1.29 is 9.53 Å². The molecule has 0 amide bonds. The number of nitrogens with zero attached hydrogens (tertiary/aromatic N) is 1. The van der Waals surface area contributed by atoms with Gasteiger partial charge in [-0.3, -0.25) is 0 Å². The maximum atomic E-state index is 11.8. The van der Waals surface area contributed by atoms with Crippen LogP contribution in [0, 0.1) is 6.92 Å². The predicted octanol–water partition coefficient (Wildman–Crippen LogP) is 3.61. The molecule has 0 aliphatic heterocycles. The fourth-order valence-electron chi connectivity index (χ4n) is 2.35. The van der Waals surface area contributed by atoms with Crippen molar-refractivity contribution in [1.82, 2.24) is 4.57 Å². The highest BCUT2D eigenvalue weighted by molar-refractivity contribution is 5.95. The number of carbonyl (C=O) groups is 1. The molecule has 0 saturated carbocycles. The molecule has 0 spiro atoms. The summed E-state index contributed by atoms with van der Waals surface area (Å²) in [4.78, 5) is 11.8. The van der Waals surface area contributed by atoms with E-state index in [-0.39, 0.29) is 5.97 Å². The summed E-state index contributed by atoms with van der Waals surface area (Å²) in [5.41, 5.74) is 3.62. The minimum atomic E-state index is -0.315. The van der Waals surface area contributed by atoms with Crippen molar-refractivity contribution in [1.29, 1.82) is 0 Å². The number of esters is 1. The van der Waals surface area contributed by atoms with Crippen LogP contribution in [0.1, 0.15) is 35.0 Å². The maximum absolute atomic E-state index is 11.8. The van der Waals surface area contributed by atoms with Gasteiger partial charge in [0.2, 0.25) is 0 Å². The molecule has 112 valence electrons. The van der Waals surface area contributed by atoms with Crippen LogP contribution in [-0.2, 0) is 17.8 Å². The van der Waals surface area contributed by atoms with Gasteiger partial charge in [0.15, 0.2) is 0 Å². The highest BCUT2D eigenvalue weighted by atomic mass is 16.5. The van der Waals surface area contributed by atoms with Crippen molar-refractivity contribution in [3.8, 4) is 0 Å². The highest BCUT2D eigenvalue weighted by Gasteiger charge is 2.12. The van der Waals surface area contributed by atoms with Gasteiger partial charge in [0.1, 0.15) is 0 Å². The van der Waals surface area contributed by atoms with Gasteiger partial charge in [-0.1, -0.05) is 18.6 Å². The van der Waals surface area contributed by atoms with E-state index < -0.39 is 0 Å². The molecule has 0 radical (unpaired) electrons. The zero-order valence-electron chi connectivity index (χ0n) is 12.8. The van der Waals surface area contributed by atoms with Crippen molar-refractivity contribution >= 4 is 11.7 Å². The lowest BCUT2D eigenvalue weighted by Gasteiger charge is -2.13. The lowest BCUT2D eigenvalue weighted by molar-refractivity contribution is 0.0601. The Morgan fingerprint density at radius 1 is 1.33 bits per heavy atom. The van der Waals surface area contributed by atoms with Crippen LogP contribution in [0.4, 0.5) is 5.69 Å². The molecular weight excluding hydrogens is 264 g/mol. The molecule has 2 aromatic rings. The summed E-state index contributed by atoms with van der Waals surface area (Å²) in [6.07, 6.45) is 3.18. The topological polar surface area (TPSA) is 43.3 Å². The first-order valence-corrected chi connectivity index (χ1v) is 7.22. The number of nitrogens with one attached hydrogen (secondary N) is 1. The Labute approximate surface area is 125 Å². The first kappa shape index (κ1) is 15.2. The molecule has 0 fully saturated rings. The molecule has 0 atom stereocenters. The van der Waals surface area contributed by atoms with E-state index >= 15 is 0 Å². The van der Waals surface area contributed by atoms with Crippen LogP contribution in [0.25, 0.3) is 0 Å². The fourth-order valence-corrected chi connectivity index (χ4v) is 2.35. The average Bonchev–Trinajstić information content (AvgIpc) is 2.93. The first-order chi connectivity index (χ1) is 10.2. The van der Waals surface area contributed by atoms with E-state index in [0.717, 1.165) is 24.2 Å². The fraction of sp³-hybridized carbons (Fsp3) is 0.353. The lowest BCUT2D eigenvalue weighted by atomic mass is 10.1. The molecule has 0 aliphatic carbocycles. The number of hydrogen-bond acceptors (Lipinski definition) is 3.